The fourth-order valence-electron chi connectivity index (χ4n) is 0.871. The van der Waals surface area contributed by atoms with Crippen molar-refractivity contribution >= 4 is 0 Å². The molecule has 0 bridgehead atoms. The molecule has 0 aromatic rings. The Morgan fingerprint density at radius 1 is 1.00 bits per heavy atom. The highest BCUT2D eigenvalue weighted by Crippen LogP contribution is 2.02. The van der Waals surface area contributed by atoms with Gasteiger partial charge in [-0.3, -0.25) is 4.39 Å². The van der Waals surface area contributed by atoms with Crippen molar-refractivity contribution in [2.24, 2.45) is 0 Å². The minimum absolute atomic E-state index is 0.162. The molecule has 0 aliphatic carbocycles. The van der Waals surface area contributed by atoms with Gasteiger partial charge in [0.25, 0.3) is 0 Å². The molecule has 0 saturated carbocycles. The van der Waals surface area contributed by atoms with E-state index in [4.69, 9.17) is 4.74 Å². The molecule has 0 unspecified atom stereocenters. The predicted octanol–water partition coefficient (Wildman–Crippen LogP) is 2.55. The Balaban J connectivity index is 2.65. The van der Waals surface area contributed by atoms with E-state index in [1.807, 2.05) is 0 Å². The summed E-state index contributed by atoms with van der Waals surface area (Å²) in [6.07, 6.45) is 5.19. The number of unbranched alkanes of at least 4 members (excludes halogenated alkanes) is 4. The number of halogens is 1. The van der Waals surface area contributed by atoms with Gasteiger partial charge >= 0.3 is 0 Å². The van der Waals surface area contributed by atoms with E-state index in [0.717, 1.165) is 32.3 Å². The van der Waals surface area contributed by atoms with Crippen LogP contribution < -0.4 is 0 Å². The second-order valence-electron chi connectivity index (χ2n) is 2.45. The molecule has 62 valence electrons. The summed E-state index contributed by atoms with van der Waals surface area (Å²) in [7, 11) is 1.71. The van der Waals surface area contributed by atoms with Gasteiger partial charge in [0.2, 0.25) is 0 Å². The molecule has 0 fully saturated rings. The number of hydrogen-bond donors (Lipinski definition) is 0. The Morgan fingerprint density at radius 3 is 2.20 bits per heavy atom. The smallest absolute Gasteiger partial charge is 0.0894 e. The first kappa shape index (κ1) is 9.89. The van der Waals surface area contributed by atoms with Crippen LogP contribution in [0.15, 0.2) is 0 Å². The van der Waals surface area contributed by atoms with Gasteiger partial charge in [-0.05, 0) is 12.8 Å². The van der Waals surface area contributed by atoms with Crippen LogP contribution >= 0.6 is 0 Å². The summed E-state index contributed by atoms with van der Waals surface area (Å²) in [6.45, 7) is 0.680. The summed E-state index contributed by atoms with van der Waals surface area (Å²) < 4.78 is 16.4. The van der Waals surface area contributed by atoms with Crippen molar-refractivity contribution in [3.8, 4) is 0 Å². The predicted molar refractivity (Wildman–Crippen MR) is 40.9 cm³/mol. The Hall–Kier alpha value is -0.110. The normalized spacial score (nSPS) is 10.2. The molecule has 0 aliphatic heterocycles. The van der Waals surface area contributed by atoms with Crippen LogP contribution in [-0.4, -0.2) is 20.4 Å². The second-order valence-corrected chi connectivity index (χ2v) is 2.45. The zero-order valence-electron chi connectivity index (χ0n) is 6.74. The minimum Gasteiger partial charge on any atom is -0.385 e. The maximum absolute atomic E-state index is 11.5. The number of ether oxygens (including phenoxy) is 1. The summed E-state index contributed by atoms with van der Waals surface area (Å²) in [4.78, 5) is 0. The molecule has 0 saturated heterocycles. The molecule has 0 aliphatic rings. The van der Waals surface area contributed by atoms with E-state index in [2.05, 4.69) is 0 Å². The van der Waals surface area contributed by atoms with Crippen LogP contribution in [0.25, 0.3) is 0 Å². The Labute approximate surface area is 62.6 Å². The van der Waals surface area contributed by atoms with Gasteiger partial charge in [-0.15, -0.1) is 0 Å². The van der Waals surface area contributed by atoms with Gasteiger partial charge in [-0.2, -0.15) is 0 Å². The molecule has 0 amide bonds. The molecule has 1 nitrogen and oxygen atoms in total. The van der Waals surface area contributed by atoms with Gasteiger partial charge in [-0.1, -0.05) is 19.3 Å². The first-order chi connectivity index (χ1) is 4.91. The number of rotatable bonds is 7. The molecular formula is C8H17FO. The molecule has 0 rings (SSSR count). The second kappa shape index (κ2) is 8.89. The van der Waals surface area contributed by atoms with Crippen LogP contribution in [0.4, 0.5) is 4.39 Å². The van der Waals surface area contributed by atoms with Gasteiger partial charge in [0.15, 0.2) is 0 Å². The minimum atomic E-state index is -0.162. The van der Waals surface area contributed by atoms with E-state index in [-0.39, 0.29) is 6.67 Å². The molecule has 0 spiro atoms. The molecular weight excluding hydrogens is 131 g/mol. The van der Waals surface area contributed by atoms with E-state index >= 15 is 0 Å². The van der Waals surface area contributed by atoms with Crippen molar-refractivity contribution in [3.63, 3.8) is 0 Å². The van der Waals surface area contributed by atoms with E-state index in [1.165, 1.54) is 6.42 Å². The SMILES string of the molecule is COCCCCCCCF. The highest BCUT2D eigenvalue weighted by atomic mass is 19.1. The third kappa shape index (κ3) is 7.89. The van der Waals surface area contributed by atoms with Crippen molar-refractivity contribution < 1.29 is 9.13 Å². The molecule has 0 aromatic heterocycles. The van der Waals surface area contributed by atoms with Gasteiger partial charge < -0.3 is 4.74 Å². The monoisotopic (exact) mass is 148 g/mol. The summed E-state index contributed by atoms with van der Waals surface area (Å²) >= 11 is 0. The van der Waals surface area contributed by atoms with E-state index in [9.17, 15) is 4.39 Å². The molecule has 0 aromatic carbocycles. The van der Waals surface area contributed by atoms with Gasteiger partial charge in [-0.25, -0.2) is 0 Å². The lowest BCUT2D eigenvalue weighted by Crippen LogP contribution is -1.88. The number of alkyl halides is 1. The number of hydrogen-bond acceptors (Lipinski definition) is 1. The van der Waals surface area contributed by atoms with E-state index in [0.29, 0.717) is 0 Å². The first-order valence-electron chi connectivity index (χ1n) is 3.96. The van der Waals surface area contributed by atoms with Crippen LogP contribution in [0.1, 0.15) is 32.1 Å². The summed E-state index contributed by atoms with van der Waals surface area (Å²) in [5.74, 6) is 0. The summed E-state index contributed by atoms with van der Waals surface area (Å²) in [6, 6.07) is 0. The first-order valence-corrected chi connectivity index (χ1v) is 3.96. The van der Waals surface area contributed by atoms with Crippen LogP contribution in [0.5, 0.6) is 0 Å². The van der Waals surface area contributed by atoms with Gasteiger partial charge in [0.05, 0.1) is 6.67 Å². The fourth-order valence-corrected chi connectivity index (χ4v) is 0.871. The van der Waals surface area contributed by atoms with Crippen molar-refractivity contribution in [2.75, 3.05) is 20.4 Å². The van der Waals surface area contributed by atoms with Crippen molar-refractivity contribution in [1.82, 2.24) is 0 Å². The quantitative estimate of drug-likeness (QED) is 0.504. The lowest BCUT2D eigenvalue weighted by atomic mass is 10.2. The van der Waals surface area contributed by atoms with Crippen LogP contribution in [-0.2, 0) is 4.74 Å². The molecule has 10 heavy (non-hydrogen) atoms. The average molecular weight is 148 g/mol. The average Bonchev–Trinajstić information content (AvgIpc) is 1.97. The lowest BCUT2D eigenvalue weighted by Gasteiger charge is -1.97. The Bertz CT molecular complexity index is 49.2. The zero-order valence-corrected chi connectivity index (χ0v) is 6.74. The molecule has 0 radical (unpaired) electrons. The Kier molecular flexibility index (Phi) is 8.79. The summed E-state index contributed by atoms with van der Waals surface area (Å²) in [5, 5.41) is 0. The molecule has 0 heterocycles. The van der Waals surface area contributed by atoms with Crippen molar-refractivity contribution in [3.05, 3.63) is 0 Å². The molecule has 0 N–H and O–H groups in total. The topological polar surface area (TPSA) is 9.23 Å². The molecule has 2 heteroatoms. The highest BCUT2D eigenvalue weighted by molar-refractivity contribution is 4.42. The zero-order chi connectivity index (χ0) is 7.66. The van der Waals surface area contributed by atoms with Gasteiger partial charge in [0, 0.05) is 13.7 Å². The maximum Gasteiger partial charge on any atom is 0.0894 e. The number of methoxy groups -OCH3 is 1. The third-order valence-electron chi connectivity index (χ3n) is 1.48. The van der Waals surface area contributed by atoms with Crippen LogP contribution in [0.3, 0.4) is 0 Å². The third-order valence-corrected chi connectivity index (χ3v) is 1.48. The van der Waals surface area contributed by atoms with E-state index < -0.39 is 0 Å². The van der Waals surface area contributed by atoms with E-state index in [1.54, 1.807) is 7.11 Å². The maximum atomic E-state index is 11.5. The lowest BCUT2D eigenvalue weighted by molar-refractivity contribution is 0.192. The summed E-state index contributed by atoms with van der Waals surface area (Å²) in [5.41, 5.74) is 0. The highest BCUT2D eigenvalue weighted by Gasteiger charge is 1.88. The standard InChI is InChI=1S/C8H17FO/c1-10-8-6-4-2-3-5-7-9/h2-8H2,1H3. The van der Waals surface area contributed by atoms with Crippen molar-refractivity contribution in [1.29, 1.82) is 0 Å². The van der Waals surface area contributed by atoms with Crippen molar-refractivity contribution in [2.45, 2.75) is 32.1 Å². The fraction of sp³-hybridized carbons (Fsp3) is 1.00. The van der Waals surface area contributed by atoms with Crippen LogP contribution in [0, 0.1) is 0 Å². The van der Waals surface area contributed by atoms with Crippen LogP contribution in [0.2, 0.25) is 0 Å². The largest absolute Gasteiger partial charge is 0.385 e. The molecule has 0 atom stereocenters. The Morgan fingerprint density at radius 2 is 1.60 bits per heavy atom. The van der Waals surface area contributed by atoms with Gasteiger partial charge in [0.1, 0.15) is 0 Å².